The molecule has 2 aromatic carbocycles. The van der Waals surface area contributed by atoms with Gasteiger partial charge >= 0.3 is 5.71 Å². The van der Waals surface area contributed by atoms with Crippen molar-refractivity contribution in [1.29, 1.82) is 0 Å². The quantitative estimate of drug-likeness (QED) is 0.684. The molecular formula is C19H17N3O. The number of benzene rings is 2. The molecule has 0 saturated heterocycles. The van der Waals surface area contributed by atoms with Crippen LogP contribution in [0.15, 0.2) is 60.7 Å². The van der Waals surface area contributed by atoms with Crippen molar-refractivity contribution in [2.45, 2.75) is 18.9 Å². The molecule has 0 radical (unpaired) electrons. The number of nitrogens with two attached hydrogens (primary N) is 1. The highest BCUT2D eigenvalue weighted by Gasteiger charge is 2.49. The lowest BCUT2D eigenvalue weighted by Crippen LogP contribution is -2.53. The van der Waals surface area contributed by atoms with Crippen LogP contribution < -0.4 is 5.73 Å². The van der Waals surface area contributed by atoms with Crippen molar-refractivity contribution in [3.8, 4) is 0 Å². The molecule has 0 bridgehead atoms. The monoisotopic (exact) mass is 303 g/mol. The van der Waals surface area contributed by atoms with E-state index >= 15 is 0 Å². The molecule has 4 nitrogen and oxygen atoms in total. The zero-order valence-electron chi connectivity index (χ0n) is 12.9. The molecule has 23 heavy (non-hydrogen) atoms. The Balaban J connectivity index is 2.12. The van der Waals surface area contributed by atoms with E-state index in [0.29, 0.717) is 5.56 Å². The smallest absolute Gasteiger partial charge is 0.324 e. The summed E-state index contributed by atoms with van der Waals surface area (Å²) in [6.07, 6.45) is 1.91. The van der Waals surface area contributed by atoms with Crippen LogP contribution in [-0.4, -0.2) is 16.3 Å². The Morgan fingerprint density at radius 1 is 1.13 bits per heavy atom. The van der Waals surface area contributed by atoms with Gasteiger partial charge < -0.3 is 11.3 Å². The van der Waals surface area contributed by atoms with E-state index in [1.807, 2.05) is 49.4 Å². The van der Waals surface area contributed by atoms with E-state index in [4.69, 9.17) is 5.73 Å². The summed E-state index contributed by atoms with van der Waals surface area (Å²) in [4.78, 5) is 16.1. The zero-order chi connectivity index (χ0) is 16.4. The SMILES string of the molecule is Cc1cccc(C2=CC(=[N+]=[N-])C(N)(c3ccccc3)C(=O)C2)c1. The summed E-state index contributed by atoms with van der Waals surface area (Å²) in [5, 5.41) is 0. The minimum Gasteiger partial charge on any atom is -0.361 e. The van der Waals surface area contributed by atoms with Crippen LogP contribution >= 0.6 is 0 Å². The van der Waals surface area contributed by atoms with Crippen molar-refractivity contribution >= 4 is 17.1 Å². The number of hydrogen-bond donors (Lipinski definition) is 1. The summed E-state index contributed by atoms with van der Waals surface area (Å²) < 4.78 is 0. The van der Waals surface area contributed by atoms with Gasteiger partial charge in [0.15, 0.2) is 5.78 Å². The zero-order valence-corrected chi connectivity index (χ0v) is 12.9. The molecule has 0 fully saturated rings. The highest BCUT2D eigenvalue weighted by atomic mass is 16.1. The predicted octanol–water partition coefficient (Wildman–Crippen LogP) is 2.88. The Labute approximate surface area is 134 Å². The van der Waals surface area contributed by atoms with Crippen LogP contribution in [0.25, 0.3) is 11.1 Å². The van der Waals surface area contributed by atoms with Crippen molar-refractivity contribution in [1.82, 2.24) is 0 Å². The molecule has 0 saturated carbocycles. The molecule has 0 aliphatic heterocycles. The van der Waals surface area contributed by atoms with Gasteiger partial charge in [0.05, 0.1) is 0 Å². The number of allylic oxidation sites excluding steroid dienone is 1. The molecule has 0 spiro atoms. The fraction of sp³-hybridized carbons (Fsp3) is 0.158. The van der Waals surface area contributed by atoms with Crippen molar-refractivity contribution < 1.29 is 9.58 Å². The van der Waals surface area contributed by atoms with E-state index in [0.717, 1.165) is 16.7 Å². The topological polar surface area (TPSA) is 79.5 Å². The molecular weight excluding hydrogens is 286 g/mol. The van der Waals surface area contributed by atoms with Gasteiger partial charge in [-0.25, -0.2) is 0 Å². The fourth-order valence-corrected chi connectivity index (χ4v) is 2.93. The number of rotatable bonds is 2. The Hall–Kier alpha value is -2.81. The van der Waals surface area contributed by atoms with Gasteiger partial charge in [-0.15, -0.1) is 0 Å². The van der Waals surface area contributed by atoms with E-state index in [1.165, 1.54) is 0 Å². The molecule has 0 heterocycles. The average molecular weight is 303 g/mol. The second-order valence-electron chi connectivity index (χ2n) is 5.80. The molecule has 1 unspecified atom stereocenters. The van der Waals surface area contributed by atoms with Gasteiger partial charge in [0.1, 0.15) is 0 Å². The first-order chi connectivity index (χ1) is 11.1. The van der Waals surface area contributed by atoms with Crippen LogP contribution in [0.3, 0.4) is 0 Å². The van der Waals surface area contributed by atoms with Gasteiger partial charge in [-0.2, -0.15) is 4.79 Å². The van der Waals surface area contributed by atoms with Crippen LogP contribution in [0, 0.1) is 6.92 Å². The average Bonchev–Trinajstić information content (AvgIpc) is 2.58. The van der Waals surface area contributed by atoms with Gasteiger partial charge in [-0.3, -0.25) is 4.79 Å². The first-order valence-electron chi connectivity index (χ1n) is 7.43. The maximum Gasteiger partial charge on any atom is 0.324 e. The third-order valence-electron chi connectivity index (χ3n) is 4.23. The highest BCUT2D eigenvalue weighted by molar-refractivity contribution is 6.23. The predicted molar refractivity (Wildman–Crippen MR) is 89.7 cm³/mol. The number of hydrogen-bond acceptors (Lipinski definition) is 2. The third kappa shape index (κ3) is 2.55. The summed E-state index contributed by atoms with van der Waals surface area (Å²) in [5.41, 5.74) is 18.0. The van der Waals surface area contributed by atoms with E-state index in [9.17, 15) is 10.3 Å². The van der Waals surface area contributed by atoms with E-state index in [1.54, 1.807) is 18.2 Å². The molecule has 3 rings (SSSR count). The molecule has 2 aromatic rings. The van der Waals surface area contributed by atoms with Crippen LogP contribution in [0.4, 0.5) is 0 Å². The van der Waals surface area contributed by atoms with E-state index in [-0.39, 0.29) is 17.9 Å². The Morgan fingerprint density at radius 3 is 2.52 bits per heavy atom. The number of ketones is 1. The van der Waals surface area contributed by atoms with Gasteiger partial charge in [-0.05, 0) is 23.6 Å². The van der Waals surface area contributed by atoms with Gasteiger partial charge in [0.2, 0.25) is 5.54 Å². The second kappa shape index (κ2) is 5.76. The number of Topliss-reactive ketones (excluding diaryl/α,β-unsaturated/α-hetero) is 1. The van der Waals surface area contributed by atoms with Crippen molar-refractivity contribution in [3.05, 3.63) is 82.9 Å². The Kier molecular flexibility index (Phi) is 3.78. The van der Waals surface area contributed by atoms with Gasteiger partial charge in [-0.1, -0.05) is 60.2 Å². The first kappa shape index (κ1) is 15.1. The van der Waals surface area contributed by atoms with Gasteiger partial charge in [0.25, 0.3) is 0 Å². The van der Waals surface area contributed by atoms with E-state index in [2.05, 4.69) is 4.79 Å². The molecule has 0 amide bonds. The normalized spacial score (nSPS) is 20.9. The largest absolute Gasteiger partial charge is 0.361 e. The van der Waals surface area contributed by atoms with Crippen molar-refractivity contribution in [3.63, 3.8) is 0 Å². The fourth-order valence-electron chi connectivity index (χ4n) is 2.93. The standard InChI is InChI=1S/C19H17N3O/c1-13-6-5-7-14(10-13)15-11-17(22-21)19(20,18(23)12-15)16-8-3-2-4-9-16/h2-11H,12,20H2,1H3. The maximum absolute atomic E-state index is 12.8. The number of carbonyl (C=O) groups excluding carboxylic acids is 1. The molecule has 1 atom stereocenters. The Bertz CT molecular complexity index is 848. The van der Waals surface area contributed by atoms with Gasteiger partial charge in [0, 0.05) is 12.5 Å². The number of carbonyl (C=O) groups is 1. The van der Waals surface area contributed by atoms with Crippen LogP contribution in [0.1, 0.15) is 23.1 Å². The molecule has 1 aliphatic rings. The Morgan fingerprint density at radius 2 is 1.87 bits per heavy atom. The summed E-state index contributed by atoms with van der Waals surface area (Å²) in [5.74, 6) is -0.185. The van der Waals surface area contributed by atoms with Crippen LogP contribution in [-0.2, 0) is 10.3 Å². The molecule has 4 heteroatoms. The lowest BCUT2D eigenvalue weighted by molar-refractivity contribution is -0.122. The van der Waals surface area contributed by atoms with Crippen molar-refractivity contribution in [2.75, 3.05) is 0 Å². The third-order valence-corrected chi connectivity index (χ3v) is 4.23. The minimum absolute atomic E-state index is 0.163. The van der Waals surface area contributed by atoms with Crippen LogP contribution in [0.5, 0.6) is 0 Å². The minimum atomic E-state index is -1.41. The number of nitrogens with zero attached hydrogens (tertiary/aromatic N) is 2. The van der Waals surface area contributed by atoms with Crippen LogP contribution in [0.2, 0.25) is 0 Å². The van der Waals surface area contributed by atoms with E-state index < -0.39 is 5.54 Å². The lowest BCUT2D eigenvalue weighted by Gasteiger charge is -2.27. The van der Waals surface area contributed by atoms with Crippen molar-refractivity contribution in [2.24, 2.45) is 5.73 Å². The lowest BCUT2D eigenvalue weighted by atomic mass is 9.74. The summed E-state index contributed by atoms with van der Waals surface area (Å²) in [6, 6.07) is 16.9. The highest BCUT2D eigenvalue weighted by Crippen LogP contribution is 2.33. The summed E-state index contributed by atoms with van der Waals surface area (Å²) >= 11 is 0. The number of aryl methyl sites for hydroxylation is 1. The maximum atomic E-state index is 12.8. The molecule has 114 valence electrons. The molecule has 2 N–H and O–H groups in total. The molecule has 0 aromatic heterocycles. The first-order valence-corrected chi connectivity index (χ1v) is 7.43. The summed E-state index contributed by atoms with van der Waals surface area (Å²) in [6.45, 7) is 1.99. The summed E-state index contributed by atoms with van der Waals surface area (Å²) in [7, 11) is 0. The second-order valence-corrected chi connectivity index (χ2v) is 5.80. The molecule has 1 aliphatic carbocycles.